The van der Waals surface area contributed by atoms with Gasteiger partial charge in [0, 0.05) is 24.1 Å². The predicted molar refractivity (Wildman–Crippen MR) is 163 cm³/mol. The summed E-state index contributed by atoms with van der Waals surface area (Å²) in [4.78, 5) is 34.8. The molecule has 3 heterocycles. The highest BCUT2D eigenvalue weighted by atomic mass is 16.8. The quantitative estimate of drug-likeness (QED) is 0.165. The summed E-state index contributed by atoms with van der Waals surface area (Å²) >= 11 is 0. The van der Waals surface area contributed by atoms with Crippen molar-refractivity contribution in [2.75, 3.05) is 26.4 Å². The lowest BCUT2D eigenvalue weighted by atomic mass is 9.62. The number of esters is 1. The molecule has 0 radical (unpaired) electrons. The zero-order valence-electron chi connectivity index (χ0n) is 25.1. The molecule has 4 aliphatic rings. The number of hydrogen-bond acceptors (Lipinski definition) is 10. The van der Waals surface area contributed by atoms with Gasteiger partial charge < -0.3 is 34.5 Å². The Bertz CT molecular complexity index is 1550. The highest BCUT2D eigenvalue weighted by molar-refractivity contribution is 5.93. The summed E-state index contributed by atoms with van der Waals surface area (Å²) in [6, 6.07) is 25.6. The third-order valence-electron chi connectivity index (χ3n) is 9.22. The molecule has 3 saturated heterocycles. The molecule has 240 valence electrons. The van der Waals surface area contributed by atoms with E-state index >= 15 is 0 Å². The van der Waals surface area contributed by atoms with Crippen LogP contribution in [0.15, 0.2) is 91.2 Å². The van der Waals surface area contributed by atoms with Gasteiger partial charge in [0.05, 0.1) is 26.0 Å². The first kappa shape index (κ1) is 30.5. The molecule has 3 aromatic rings. The van der Waals surface area contributed by atoms with Crippen molar-refractivity contribution >= 4 is 18.0 Å². The molecule has 11 nitrogen and oxygen atoms in total. The molecule has 2 bridgehead atoms. The highest BCUT2D eigenvalue weighted by Gasteiger charge is 2.76. The monoisotopic (exact) mass is 628 g/mol. The standard InChI is InChI=1S/C35H36N2O9/c38-17-16-36-33(41)34-21-27-28-29(45-35(44-28,25-11-3-1-4-12-25)26-13-5-2-6-14-26)31(34)46-37(30(34)32(40)43-27)22-24-10-8-7-9-23(24)15-19-42-20-18-39/h1-15,19,27-31,38-39H,16-18,20-22H2,(H,36,41). The number of hydrogen-bond donors (Lipinski definition) is 3. The van der Waals surface area contributed by atoms with Gasteiger partial charge in [-0.25, -0.2) is 0 Å². The minimum absolute atomic E-state index is 0.0185. The maximum Gasteiger partial charge on any atom is 0.327 e. The molecule has 6 unspecified atom stereocenters. The Labute approximate surface area is 266 Å². The zero-order chi connectivity index (χ0) is 31.7. The molecular weight excluding hydrogens is 592 g/mol. The minimum Gasteiger partial charge on any atom is -0.499 e. The van der Waals surface area contributed by atoms with Crippen LogP contribution in [0.5, 0.6) is 0 Å². The fraction of sp³-hybridized carbons (Fsp3) is 0.371. The molecule has 0 aromatic heterocycles. The lowest BCUT2D eigenvalue weighted by Crippen LogP contribution is -2.69. The lowest BCUT2D eigenvalue weighted by molar-refractivity contribution is -0.213. The topological polar surface area (TPSA) is 136 Å². The molecule has 4 fully saturated rings. The molecule has 3 aromatic carbocycles. The fourth-order valence-corrected chi connectivity index (χ4v) is 7.27. The summed E-state index contributed by atoms with van der Waals surface area (Å²) in [5, 5.41) is 23.0. The van der Waals surface area contributed by atoms with Crippen molar-refractivity contribution in [1.29, 1.82) is 0 Å². The Morgan fingerprint density at radius 2 is 1.61 bits per heavy atom. The van der Waals surface area contributed by atoms with E-state index in [0.29, 0.717) is 0 Å². The predicted octanol–water partition coefficient (Wildman–Crippen LogP) is 2.26. The minimum atomic E-state index is -1.38. The number of benzene rings is 3. The first-order chi connectivity index (χ1) is 22.5. The van der Waals surface area contributed by atoms with Gasteiger partial charge in [0.2, 0.25) is 11.7 Å². The van der Waals surface area contributed by atoms with Crippen molar-refractivity contribution in [3.63, 3.8) is 0 Å². The summed E-state index contributed by atoms with van der Waals surface area (Å²) in [7, 11) is 0. The molecule has 1 aliphatic carbocycles. The highest BCUT2D eigenvalue weighted by Crippen LogP contribution is 2.59. The molecular formula is C35H36N2O9. The van der Waals surface area contributed by atoms with E-state index in [1.807, 2.05) is 84.9 Å². The van der Waals surface area contributed by atoms with Crippen LogP contribution in [-0.2, 0) is 45.7 Å². The van der Waals surface area contributed by atoms with Crippen LogP contribution in [0.2, 0.25) is 0 Å². The Morgan fingerprint density at radius 1 is 0.935 bits per heavy atom. The number of amides is 1. The van der Waals surface area contributed by atoms with Crippen LogP contribution in [0.3, 0.4) is 0 Å². The van der Waals surface area contributed by atoms with Gasteiger partial charge in [0.1, 0.15) is 36.4 Å². The Balaban J connectivity index is 1.29. The van der Waals surface area contributed by atoms with Crippen molar-refractivity contribution < 1.29 is 43.6 Å². The molecule has 6 atom stereocenters. The van der Waals surface area contributed by atoms with Crippen LogP contribution < -0.4 is 5.32 Å². The average Bonchev–Trinajstić information content (AvgIpc) is 3.67. The second-order valence-electron chi connectivity index (χ2n) is 11.8. The Kier molecular flexibility index (Phi) is 8.36. The van der Waals surface area contributed by atoms with E-state index < -0.39 is 53.5 Å². The average molecular weight is 629 g/mol. The maximum atomic E-state index is 14.2. The summed E-state index contributed by atoms with van der Waals surface area (Å²) in [6.45, 7) is -0.0372. The van der Waals surface area contributed by atoms with Gasteiger partial charge in [0.15, 0.2) is 6.04 Å². The number of rotatable bonds is 11. The lowest BCUT2D eigenvalue weighted by Gasteiger charge is -2.48. The number of hydroxylamine groups is 2. The normalized spacial score (nSPS) is 29.3. The van der Waals surface area contributed by atoms with E-state index in [2.05, 4.69) is 5.32 Å². The summed E-state index contributed by atoms with van der Waals surface area (Å²) in [5.41, 5.74) is 1.76. The van der Waals surface area contributed by atoms with E-state index in [1.54, 1.807) is 6.08 Å². The number of aliphatic hydroxyl groups is 2. The van der Waals surface area contributed by atoms with Gasteiger partial charge in [-0.15, -0.1) is 0 Å². The van der Waals surface area contributed by atoms with Crippen LogP contribution in [0, 0.1) is 5.41 Å². The fourth-order valence-electron chi connectivity index (χ4n) is 7.27. The van der Waals surface area contributed by atoms with Gasteiger partial charge in [-0.3, -0.25) is 14.4 Å². The second kappa shape index (κ2) is 12.6. The number of nitrogens with zero attached hydrogens (tertiary/aromatic N) is 1. The molecule has 1 amide bonds. The van der Waals surface area contributed by atoms with E-state index in [0.717, 1.165) is 22.3 Å². The number of fused-ring (bicyclic) bond motifs is 4. The van der Waals surface area contributed by atoms with Crippen molar-refractivity contribution in [3.8, 4) is 0 Å². The zero-order valence-corrected chi connectivity index (χ0v) is 25.1. The third kappa shape index (κ3) is 5.00. The van der Waals surface area contributed by atoms with Gasteiger partial charge >= 0.3 is 5.97 Å². The SMILES string of the molecule is O=C1OC2CC3(C(=O)NCCO)C(ON(Cc4ccccc4C=COCCO)C13)C1OC(c3ccccc3)(c3ccccc3)OC21. The van der Waals surface area contributed by atoms with Gasteiger partial charge in [-0.1, -0.05) is 84.9 Å². The summed E-state index contributed by atoms with van der Waals surface area (Å²) < 4.78 is 25.2. The summed E-state index contributed by atoms with van der Waals surface area (Å²) in [6.07, 6.45) is 0.226. The number of carbonyl (C=O) groups is 2. The van der Waals surface area contributed by atoms with Gasteiger partial charge in [-0.05, 0) is 17.2 Å². The first-order valence-electron chi connectivity index (χ1n) is 15.5. The molecule has 11 heteroatoms. The van der Waals surface area contributed by atoms with Gasteiger partial charge in [0.25, 0.3) is 0 Å². The number of aliphatic hydroxyl groups excluding tert-OH is 2. The molecule has 3 N–H and O–H groups in total. The van der Waals surface area contributed by atoms with E-state index in [9.17, 15) is 14.7 Å². The number of carbonyl (C=O) groups excluding carboxylic acids is 2. The maximum absolute atomic E-state index is 14.2. The van der Waals surface area contributed by atoms with E-state index in [1.165, 1.54) is 11.3 Å². The van der Waals surface area contributed by atoms with E-state index in [4.69, 9.17) is 28.9 Å². The van der Waals surface area contributed by atoms with E-state index in [-0.39, 0.29) is 39.3 Å². The second-order valence-corrected chi connectivity index (χ2v) is 11.8. The van der Waals surface area contributed by atoms with Crippen LogP contribution >= 0.6 is 0 Å². The van der Waals surface area contributed by atoms with Crippen molar-refractivity contribution in [2.24, 2.45) is 5.41 Å². The van der Waals surface area contributed by atoms with Crippen LogP contribution in [0.25, 0.3) is 6.08 Å². The van der Waals surface area contributed by atoms with Crippen LogP contribution in [0.4, 0.5) is 0 Å². The van der Waals surface area contributed by atoms with Gasteiger partial charge in [-0.2, -0.15) is 5.06 Å². The molecule has 3 aliphatic heterocycles. The summed E-state index contributed by atoms with van der Waals surface area (Å²) in [5.74, 6) is -2.34. The Hall–Kier alpha value is -4.10. The molecule has 46 heavy (non-hydrogen) atoms. The molecule has 7 rings (SSSR count). The smallest absolute Gasteiger partial charge is 0.327 e. The third-order valence-corrected chi connectivity index (χ3v) is 9.22. The number of ether oxygens (including phenoxy) is 4. The van der Waals surface area contributed by atoms with Crippen LogP contribution in [-0.4, -0.2) is 84.0 Å². The molecule has 1 saturated carbocycles. The first-order valence-corrected chi connectivity index (χ1v) is 15.5. The molecule has 0 spiro atoms. The van der Waals surface area contributed by atoms with Crippen molar-refractivity contribution in [1.82, 2.24) is 10.4 Å². The Morgan fingerprint density at radius 3 is 2.30 bits per heavy atom. The van der Waals surface area contributed by atoms with Crippen LogP contribution in [0.1, 0.15) is 28.7 Å². The van der Waals surface area contributed by atoms with Crippen molar-refractivity contribution in [3.05, 3.63) is 113 Å². The van der Waals surface area contributed by atoms with Crippen molar-refractivity contribution in [2.45, 2.75) is 49.2 Å². The largest absolute Gasteiger partial charge is 0.499 e. The number of nitrogens with one attached hydrogen (secondary N) is 1.